The van der Waals surface area contributed by atoms with Crippen LogP contribution < -0.4 is 10.5 Å². The highest BCUT2D eigenvalue weighted by Crippen LogP contribution is 2.39. The lowest BCUT2D eigenvalue weighted by Crippen LogP contribution is -2.38. The molecular weight excluding hydrogens is 440 g/mol. The third-order valence-corrected chi connectivity index (χ3v) is 5.84. The number of rotatable bonds is 4. The van der Waals surface area contributed by atoms with E-state index in [2.05, 4.69) is 15.2 Å². The van der Waals surface area contributed by atoms with Gasteiger partial charge >= 0.3 is 6.18 Å². The fourth-order valence-electron chi connectivity index (χ4n) is 4.35. The summed E-state index contributed by atoms with van der Waals surface area (Å²) in [5, 5.41) is 8.73. The molecule has 1 unspecified atom stereocenters. The third kappa shape index (κ3) is 3.87. The number of alkyl halides is 3. The van der Waals surface area contributed by atoms with Crippen LogP contribution in [0.1, 0.15) is 18.0 Å². The van der Waals surface area contributed by atoms with Crippen LogP contribution in [0.4, 0.5) is 17.6 Å². The van der Waals surface area contributed by atoms with Gasteiger partial charge in [-0.25, -0.2) is 9.37 Å². The van der Waals surface area contributed by atoms with Crippen molar-refractivity contribution in [2.24, 2.45) is 5.73 Å². The predicted molar refractivity (Wildman–Crippen MR) is 113 cm³/mol. The first-order chi connectivity index (χ1) is 15.7. The number of ether oxygens (including phenoxy) is 1. The summed E-state index contributed by atoms with van der Waals surface area (Å²) >= 11 is 0. The largest absolute Gasteiger partial charge is 0.494 e. The zero-order valence-corrected chi connectivity index (χ0v) is 17.6. The first kappa shape index (κ1) is 21.5. The lowest BCUT2D eigenvalue weighted by atomic mass is 10.1. The Bertz CT molecular complexity index is 1340. The van der Waals surface area contributed by atoms with Gasteiger partial charge in [0.25, 0.3) is 0 Å². The number of fused-ring (bicyclic) bond motifs is 2. The van der Waals surface area contributed by atoms with Gasteiger partial charge in [0, 0.05) is 36.8 Å². The Morgan fingerprint density at radius 1 is 1.15 bits per heavy atom. The highest BCUT2D eigenvalue weighted by atomic mass is 19.4. The van der Waals surface area contributed by atoms with E-state index in [1.807, 2.05) is 0 Å². The Kier molecular flexibility index (Phi) is 5.17. The summed E-state index contributed by atoms with van der Waals surface area (Å²) in [5.41, 5.74) is 7.07. The Morgan fingerprint density at radius 3 is 2.67 bits per heavy atom. The van der Waals surface area contributed by atoms with E-state index in [1.54, 1.807) is 12.1 Å². The van der Waals surface area contributed by atoms with Crippen LogP contribution >= 0.6 is 0 Å². The van der Waals surface area contributed by atoms with E-state index >= 15 is 0 Å². The second-order valence-corrected chi connectivity index (χ2v) is 8.08. The molecule has 11 heteroatoms. The lowest BCUT2D eigenvalue weighted by molar-refractivity contribution is -0.183. The van der Waals surface area contributed by atoms with Crippen LogP contribution in [0.2, 0.25) is 0 Å². The van der Waals surface area contributed by atoms with Crippen molar-refractivity contribution >= 4 is 16.6 Å². The summed E-state index contributed by atoms with van der Waals surface area (Å²) in [4.78, 5) is 5.88. The molecule has 7 nitrogen and oxygen atoms in total. The van der Waals surface area contributed by atoms with Crippen molar-refractivity contribution in [1.82, 2.24) is 24.5 Å². The highest BCUT2D eigenvalue weighted by molar-refractivity contribution is 5.86. The smallest absolute Gasteiger partial charge is 0.408 e. The molecule has 2 N–H and O–H groups in total. The van der Waals surface area contributed by atoms with Crippen molar-refractivity contribution in [2.45, 2.75) is 24.7 Å². The van der Waals surface area contributed by atoms with Gasteiger partial charge in [-0.05, 0) is 30.2 Å². The second-order valence-electron chi connectivity index (χ2n) is 8.08. The first-order valence-electron chi connectivity index (χ1n) is 10.3. The zero-order chi connectivity index (χ0) is 23.3. The molecule has 0 amide bonds. The minimum absolute atomic E-state index is 0.0607. The van der Waals surface area contributed by atoms with Crippen molar-refractivity contribution in [3.05, 3.63) is 54.0 Å². The standard InChI is InChI=1S/C22H20F4N6O/c1-33-17-9-14(23)8-12-2-4-16(28-19(12)17)21-30-29-18-5-3-13(10-32(18)21)20(22(24,25)26)31-7-6-15(27)11-31/h2-5,8-10,15,20H,6-7,11,27H2,1H3/t15?,20-/m1/s1. The molecule has 33 heavy (non-hydrogen) atoms. The maximum absolute atomic E-state index is 14.0. The summed E-state index contributed by atoms with van der Waals surface area (Å²) in [6.45, 7) is 0.431. The number of hydrogen-bond donors (Lipinski definition) is 1. The predicted octanol–water partition coefficient (Wildman–Crippen LogP) is 3.73. The maximum Gasteiger partial charge on any atom is 0.408 e. The normalized spacial score (nSPS) is 18.3. The summed E-state index contributed by atoms with van der Waals surface area (Å²) in [7, 11) is 1.41. The summed E-state index contributed by atoms with van der Waals surface area (Å²) in [6.07, 6.45) is -2.58. The van der Waals surface area contributed by atoms with Crippen LogP contribution in [0.25, 0.3) is 28.1 Å². The number of benzene rings is 1. The molecular formula is C22H20F4N6O. The number of halogens is 4. The lowest BCUT2D eigenvalue weighted by Gasteiger charge is -2.30. The molecule has 1 fully saturated rings. The van der Waals surface area contributed by atoms with E-state index in [4.69, 9.17) is 10.5 Å². The van der Waals surface area contributed by atoms with E-state index in [0.717, 1.165) is 0 Å². The average molecular weight is 460 g/mol. The number of hydrogen-bond acceptors (Lipinski definition) is 6. The Labute approximate surface area is 185 Å². The minimum atomic E-state index is -4.48. The van der Waals surface area contributed by atoms with Gasteiger partial charge in [-0.1, -0.05) is 12.1 Å². The molecule has 3 aromatic heterocycles. The highest BCUT2D eigenvalue weighted by Gasteiger charge is 2.46. The Balaban J connectivity index is 1.62. The van der Waals surface area contributed by atoms with Crippen LogP contribution in [0.5, 0.6) is 5.75 Å². The SMILES string of the molecule is COc1cc(F)cc2ccc(-c3nnc4ccc([C@@H](N5CCC(N)C5)C(F)(F)F)cn34)nc12. The Hall–Kier alpha value is -3.31. The Morgan fingerprint density at radius 2 is 1.97 bits per heavy atom. The number of nitrogens with two attached hydrogens (primary N) is 1. The van der Waals surface area contributed by atoms with Gasteiger partial charge in [-0.2, -0.15) is 13.2 Å². The molecule has 5 rings (SSSR count). The van der Waals surface area contributed by atoms with Gasteiger partial charge in [-0.3, -0.25) is 9.30 Å². The van der Waals surface area contributed by atoms with E-state index in [1.165, 1.54) is 46.9 Å². The summed E-state index contributed by atoms with van der Waals surface area (Å²) in [5.74, 6) is 0.0364. The van der Waals surface area contributed by atoms with E-state index in [0.29, 0.717) is 28.7 Å². The van der Waals surface area contributed by atoms with Gasteiger partial charge in [-0.15, -0.1) is 10.2 Å². The van der Waals surface area contributed by atoms with Crippen molar-refractivity contribution in [3.63, 3.8) is 0 Å². The molecule has 1 saturated heterocycles. The molecule has 1 aromatic carbocycles. The van der Waals surface area contributed by atoms with Crippen LogP contribution in [0, 0.1) is 5.82 Å². The van der Waals surface area contributed by atoms with Crippen LogP contribution in [0.3, 0.4) is 0 Å². The third-order valence-electron chi connectivity index (χ3n) is 5.84. The number of aromatic nitrogens is 4. The van der Waals surface area contributed by atoms with Crippen LogP contribution in [-0.2, 0) is 0 Å². The molecule has 2 atom stereocenters. The molecule has 0 bridgehead atoms. The van der Waals surface area contributed by atoms with E-state index in [9.17, 15) is 17.6 Å². The molecule has 4 heterocycles. The van der Waals surface area contributed by atoms with Gasteiger partial charge in [0.15, 0.2) is 11.5 Å². The van der Waals surface area contributed by atoms with Gasteiger partial charge in [0.2, 0.25) is 0 Å². The molecule has 0 radical (unpaired) electrons. The summed E-state index contributed by atoms with van der Waals surface area (Å²) in [6, 6.07) is 6.64. The van der Waals surface area contributed by atoms with Gasteiger partial charge < -0.3 is 10.5 Å². The number of likely N-dealkylation sites (tertiary alicyclic amines) is 1. The van der Waals surface area contributed by atoms with Crippen molar-refractivity contribution in [2.75, 3.05) is 20.2 Å². The van der Waals surface area contributed by atoms with Crippen molar-refractivity contribution < 1.29 is 22.3 Å². The molecule has 1 aliphatic rings. The number of pyridine rings is 2. The van der Waals surface area contributed by atoms with Gasteiger partial charge in [0.05, 0.1) is 7.11 Å². The molecule has 0 saturated carbocycles. The van der Waals surface area contributed by atoms with Crippen LogP contribution in [0.15, 0.2) is 42.6 Å². The average Bonchev–Trinajstić information content (AvgIpc) is 3.38. The number of methoxy groups -OCH3 is 1. The quantitative estimate of drug-likeness (QED) is 0.468. The second kappa shape index (κ2) is 7.92. The number of nitrogens with zero attached hydrogens (tertiary/aromatic N) is 5. The summed E-state index contributed by atoms with van der Waals surface area (Å²) < 4.78 is 62.6. The topological polar surface area (TPSA) is 81.6 Å². The fraction of sp³-hybridized carbons (Fsp3) is 0.318. The maximum atomic E-state index is 14.0. The van der Waals surface area contributed by atoms with E-state index < -0.39 is 18.0 Å². The first-order valence-corrected chi connectivity index (χ1v) is 10.3. The molecule has 0 aliphatic carbocycles. The molecule has 0 spiro atoms. The van der Waals surface area contributed by atoms with Crippen molar-refractivity contribution in [3.8, 4) is 17.3 Å². The van der Waals surface area contributed by atoms with Crippen LogP contribution in [-0.4, -0.2) is 56.9 Å². The molecule has 1 aliphatic heterocycles. The minimum Gasteiger partial charge on any atom is -0.494 e. The van der Waals surface area contributed by atoms with E-state index in [-0.39, 0.29) is 36.3 Å². The molecule has 172 valence electrons. The monoisotopic (exact) mass is 460 g/mol. The van der Waals surface area contributed by atoms with Gasteiger partial charge in [0.1, 0.15) is 28.8 Å². The fourth-order valence-corrected chi connectivity index (χ4v) is 4.35. The zero-order valence-electron chi connectivity index (χ0n) is 17.6. The van der Waals surface area contributed by atoms with Crippen molar-refractivity contribution in [1.29, 1.82) is 0 Å². The molecule has 4 aromatic rings.